The van der Waals surface area contributed by atoms with E-state index in [2.05, 4.69) is 10.6 Å². The molecule has 1 aromatic carbocycles. The van der Waals surface area contributed by atoms with E-state index < -0.39 is 10.0 Å². The van der Waals surface area contributed by atoms with E-state index in [9.17, 15) is 18.0 Å². The molecule has 8 heteroatoms. The molecule has 26 heavy (non-hydrogen) atoms. The van der Waals surface area contributed by atoms with Crippen LogP contribution in [0.4, 0.5) is 0 Å². The number of hydrogen-bond donors (Lipinski definition) is 2. The van der Waals surface area contributed by atoms with Gasteiger partial charge in [0.05, 0.1) is 4.90 Å². The van der Waals surface area contributed by atoms with Crippen molar-refractivity contribution < 1.29 is 18.0 Å². The van der Waals surface area contributed by atoms with Gasteiger partial charge in [0.2, 0.25) is 15.9 Å². The number of nitrogens with zero attached hydrogens (tertiary/aromatic N) is 1. The van der Waals surface area contributed by atoms with Crippen LogP contribution in [0.15, 0.2) is 29.2 Å². The summed E-state index contributed by atoms with van der Waals surface area (Å²) in [5.74, 6) is -0.156. The van der Waals surface area contributed by atoms with Crippen LogP contribution in [-0.4, -0.2) is 57.1 Å². The lowest BCUT2D eigenvalue weighted by Crippen LogP contribution is -2.45. The van der Waals surface area contributed by atoms with E-state index in [-0.39, 0.29) is 29.2 Å². The van der Waals surface area contributed by atoms with E-state index in [1.54, 1.807) is 0 Å². The van der Waals surface area contributed by atoms with Crippen molar-refractivity contribution in [1.29, 1.82) is 0 Å². The van der Waals surface area contributed by atoms with Gasteiger partial charge in [0.1, 0.15) is 0 Å². The molecule has 2 N–H and O–H groups in total. The van der Waals surface area contributed by atoms with Gasteiger partial charge in [0.15, 0.2) is 5.78 Å². The van der Waals surface area contributed by atoms with Crippen molar-refractivity contribution >= 4 is 21.7 Å². The molecule has 0 radical (unpaired) electrons. The van der Waals surface area contributed by atoms with Gasteiger partial charge in [-0.2, -0.15) is 0 Å². The third kappa shape index (κ3) is 5.62. The predicted molar refractivity (Wildman–Crippen MR) is 99.5 cm³/mol. The third-order valence-electron chi connectivity index (χ3n) is 4.51. The zero-order chi connectivity index (χ0) is 19.2. The lowest BCUT2D eigenvalue weighted by Gasteiger charge is -2.24. The molecule has 1 aliphatic rings. The van der Waals surface area contributed by atoms with E-state index in [1.807, 2.05) is 0 Å². The molecule has 0 aliphatic carbocycles. The number of nitrogens with one attached hydrogen (secondary N) is 2. The number of piperidine rings is 1. The van der Waals surface area contributed by atoms with Crippen LogP contribution in [0.2, 0.25) is 0 Å². The summed E-state index contributed by atoms with van der Waals surface area (Å²) in [7, 11) is -2.13. The van der Waals surface area contributed by atoms with Crippen LogP contribution >= 0.6 is 0 Å². The summed E-state index contributed by atoms with van der Waals surface area (Å²) >= 11 is 0. The Morgan fingerprint density at radius 3 is 2.54 bits per heavy atom. The molecular weight excluding hydrogens is 354 g/mol. The number of amides is 1. The van der Waals surface area contributed by atoms with Gasteiger partial charge in [-0.25, -0.2) is 12.7 Å². The van der Waals surface area contributed by atoms with Crippen molar-refractivity contribution in [1.82, 2.24) is 14.9 Å². The number of carbonyl (C=O) groups is 2. The highest BCUT2D eigenvalue weighted by molar-refractivity contribution is 7.89. The molecule has 1 atom stereocenters. The van der Waals surface area contributed by atoms with Crippen LogP contribution in [-0.2, 0) is 14.8 Å². The Morgan fingerprint density at radius 1 is 1.27 bits per heavy atom. The minimum atomic E-state index is -3.63. The zero-order valence-corrected chi connectivity index (χ0v) is 16.1. The van der Waals surface area contributed by atoms with Crippen LogP contribution in [0.1, 0.15) is 43.0 Å². The summed E-state index contributed by atoms with van der Waals surface area (Å²) in [6.07, 6.45) is 2.77. The summed E-state index contributed by atoms with van der Waals surface area (Å²) in [5, 5.41) is 6.22. The van der Waals surface area contributed by atoms with Gasteiger partial charge in [-0.1, -0.05) is 12.1 Å². The van der Waals surface area contributed by atoms with E-state index in [0.717, 1.165) is 25.9 Å². The maximum atomic E-state index is 12.5. The van der Waals surface area contributed by atoms with Gasteiger partial charge < -0.3 is 10.6 Å². The van der Waals surface area contributed by atoms with Crippen LogP contribution in [0.25, 0.3) is 0 Å². The smallest absolute Gasteiger partial charge is 0.242 e. The minimum Gasteiger partial charge on any atom is -0.352 e. The molecule has 2 rings (SSSR count). The molecular formula is C18H27N3O4S. The van der Waals surface area contributed by atoms with Crippen molar-refractivity contribution in [2.45, 2.75) is 43.5 Å². The zero-order valence-electron chi connectivity index (χ0n) is 15.3. The fraction of sp³-hybridized carbons (Fsp3) is 0.556. The summed E-state index contributed by atoms with van der Waals surface area (Å²) in [6, 6.07) is 6.05. The maximum Gasteiger partial charge on any atom is 0.242 e. The average molecular weight is 381 g/mol. The Morgan fingerprint density at radius 2 is 1.96 bits per heavy atom. The topological polar surface area (TPSA) is 95.6 Å². The van der Waals surface area contributed by atoms with Gasteiger partial charge in [-0.15, -0.1) is 0 Å². The quantitative estimate of drug-likeness (QED) is 0.659. The minimum absolute atomic E-state index is 0.0460. The van der Waals surface area contributed by atoms with Gasteiger partial charge in [-0.05, 0) is 44.9 Å². The third-order valence-corrected chi connectivity index (χ3v) is 6.38. The molecule has 1 amide bonds. The number of ketones is 1. The molecule has 1 unspecified atom stereocenters. The number of sulfonamides is 1. The summed E-state index contributed by atoms with van der Waals surface area (Å²) in [4.78, 5) is 23.4. The number of hydrogen-bond acceptors (Lipinski definition) is 5. The number of rotatable bonds is 8. The standard InChI is InChI=1S/C18H27N3O4S/c1-14(22)15-7-9-17(10-8-15)26(24,25)21(2)12-4-6-18(23)20-16-5-3-11-19-13-16/h7-10,16,19H,3-6,11-13H2,1-2H3,(H,20,23). The van der Waals surface area contributed by atoms with Crippen LogP contribution < -0.4 is 10.6 Å². The number of carbonyl (C=O) groups excluding carboxylic acids is 2. The Labute approximate surface area is 155 Å². The number of benzene rings is 1. The van der Waals surface area contributed by atoms with E-state index in [1.165, 1.54) is 42.5 Å². The van der Waals surface area contributed by atoms with Crippen molar-refractivity contribution in [2.24, 2.45) is 0 Å². The SMILES string of the molecule is CC(=O)c1ccc(S(=O)(=O)N(C)CCCC(=O)NC2CCCNC2)cc1. The lowest BCUT2D eigenvalue weighted by atomic mass is 10.1. The second-order valence-corrected chi connectivity index (χ2v) is 8.67. The fourth-order valence-electron chi connectivity index (χ4n) is 2.90. The molecule has 144 valence electrons. The molecule has 1 fully saturated rings. The average Bonchev–Trinajstić information content (AvgIpc) is 2.62. The summed E-state index contributed by atoms with van der Waals surface area (Å²) in [6.45, 7) is 3.47. The van der Waals surface area contributed by atoms with Crippen LogP contribution in [0.5, 0.6) is 0 Å². The van der Waals surface area contributed by atoms with Gasteiger partial charge in [-0.3, -0.25) is 9.59 Å². The molecule has 0 spiro atoms. The van der Waals surface area contributed by atoms with Crippen LogP contribution in [0.3, 0.4) is 0 Å². The Balaban J connectivity index is 1.82. The van der Waals surface area contributed by atoms with Crippen LogP contribution in [0, 0.1) is 0 Å². The fourth-order valence-corrected chi connectivity index (χ4v) is 4.11. The first kappa shape index (κ1) is 20.5. The monoisotopic (exact) mass is 381 g/mol. The first-order valence-electron chi connectivity index (χ1n) is 8.88. The predicted octanol–water partition coefficient (Wildman–Crippen LogP) is 1.16. The first-order chi connectivity index (χ1) is 12.3. The molecule has 0 aromatic heterocycles. The van der Waals surface area contributed by atoms with Crippen molar-refractivity contribution in [3.05, 3.63) is 29.8 Å². The second kappa shape index (κ2) is 9.25. The molecule has 1 aromatic rings. The highest BCUT2D eigenvalue weighted by atomic mass is 32.2. The van der Waals surface area contributed by atoms with Gasteiger partial charge in [0, 0.05) is 38.2 Å². The lowest BCUT2D eigenvalue weighted by molar-refractivity contribution is -0.122. The molecule has 1 aliphatic heterocycles. The maximum absolute atomic E-state index is 12.5. The summed E-state index contributed by atoms with van der Waals surface area (Å²) < 4.78 is 26.3. The van der Waals surface area contributed by atoms with Crippen molar-refractivity contribution in [2.75, 3.05) is 26.7 Å². The Bertz CT molecular complexity index is 725. The molecule has 0 bridgehead atoms. The molecule has 0 saturated carbocycles. The Hall–Kier alpha value is -1.77. The van der Waals surface area contributed by atoms with Gasteiger partial charge in [0.25, 0.3) is 0 Å². The first-order valence-corrected chi connectivity index (χ1v) is 10.3. The summed E-state index contributed by atoms with van der Waals surface area (Å²) in [5.41, 5.74) is 0.473. The van der Waals surface area contributed by atoms with Crippen molar-refractivity contribution in [3.8, 4) is 0 Å². The Kier molecular flexibility index (Phi) is 7.31. The molecule has 1 heterocycles. The van der Waals surface area contributed by atoms with Crippen molar-refractivity contribution in [3.63, 3.8) is 0 Å². The van der Waals surface area contributed by atoms with E-state index >= 15 is 0 Å². The number of Topliss-reactive ketones (excluding diaryl/α,β-unsaturated/α-hetero) is 1. The highest BCUT2D eigenvalue weighted by Crippen LogP contribution is 2.16. The molecule has 7 nitrogen and oxygen atoms in total. The highest BCUT2D eigenvalue weighted by Gasteiger charge is 2.21. The normalized spacial score (nSPS) is 17.9. The van der Waals surface area contributed by atoms with Gasteiger partial charge >= 0.3 is 0 Å². The van der Waals surface area contributed by atoms with E-state index in [4.69, 9.17) is 0 Å². The molecule has 1 saturated heterocycles. The largest absolute Gasteiger partial charge is 0.352 e. The van der Waals surface area contributed by atoms with E-state index in [0.29, 0.717) is 18.4 Å². The second-order valence-electron chi connectivity index (χ2n) is 6.62.